The minimum atomic E-state index is -1.00. The molecule has 1 atom stereocenters. The summed E-state index contributed by atoms with van der Waals surface area (Å²) in [6.45, 7) is 0.158. The molecule has 7 heteroatoms. The lowest BCUT2D eigenvalue weighted by molar-refractivity contribution is -0.152. The van der Waals surface area contributed by atoms with Crippen LogP contribution in [0.25, 0.3) is 10.8 Å². The molecule has 1 N–H and O–H groups in total. The lowest BCUT2D eigenvalue weighted by Gasteiger charge is -2.32. The van der Waals surface area contributed by atoms with Crippen LogP contribution in [0.2, 0.25) is 0 Å². The quantitative estimate of drug-likeness (QED) is 0.907. The van der Waals surface area contributed by atoms with Crippen LogP contribution in [-0.2, 0) is 16.1 Å². The maximum absolute atomic E-state index is 12.4. The van der Waals surface area contributed by atoms with Gasteiger partial charge in [0.25, 0.3) is 5.56 Å². The molecule has 1 aromatic carbocycles. The third-order valence-corrected chi connectivity index (χ3v) is 4.16. The third-order valence-electron chi connectivity index (χ3n) is 4.16. The summed E-state index contributed by atoms with van der Waals surface area (Å²) in [7, 11) is 0. The Balaban J connectivity index is 1.86. The molecule has 120 valence electrons. The summed E-state index contributed by atoms with van der Waals surface area (Å²) in [5.74, 6) is -1.39. The van der Waals surface area contributed by atoms with E-state index >= 15 is 0 Å². The van der Waals surface area contributed by atoms with Gasteiger partial charge in [-0.3, -0.25) is 9.59 Å². The SMILES string of the molecule is O=C(O)[C@@H]1CCCCN1C(=O)Cn1ncc2ccccc2c1=O. The molecule has 1 fully saturated rings. The number of hydrogen-bond acceptors (Lipinski definition) is 4. The number of carbonyl (C=O) groups is 2. The maximum Gasteiger partial charge on any atom is 0.326 e. The molecule has 1 amide bonds. The zero-order valence-corrected chi connectivity index (χ0v) is 12.5. The van der Waals surface area contributed by atoms with E-state index in [0.717, 1.165) is 17.5 Å². The van der Waals surface area contributed by atoms with Crippen molar-refractivity contribution in [1.29, 1.82) is 0 Å². The number of likely N-dealkylation sites (tertiary alicyclic amines) is 1. The Morgan fingerprint density at radius 2 is 2.04 bits per heavy atom. The number of rotatable bonds is 3. The Hall–Kier alpha value is -2.70. The Labute approximate surface area is 132 Å². The monoisotopic (exact) mass is 315 g/mol. The second kappa shape index (κ2) is 6.20. The van der Waals surface area contributed by atoms with Crippen molar-refractivity contribution in [3.63, 3.8) is 0 Å². The summed E-state index contributed by atoms with van der Waals surface area (Å²) < 4.78 is 1.10. The number of piperidine rings is 1. The molecule has 7 nitrogen and oxygen atoms in total. The molecule has 2 aromatic rings. The molecule has 1 aliphatic heterocycles. The van der Waals surface area contributed by atoms with E-state index in [9.17, 15) is 19.5 Å². The smallest absolute Gasteiger partial charge is 0.326 e. The fraction of sp³-hybridized carbons (Fsp3) is 0.375. The number of aliphatic carboxylic acids is 1. The van der Waals surface area contributed by atoms with Crippen LogP contribution in [-0.4, -0.2) is 44.3 Å². The van der Waals surface area contributed by atoms with Gasteiger partial charge in [-0.15, -0.1) is 0 Å². The van der Waals surface area contributed by atoms with Crippen LogP contribution in [0.4, 0.5) is 0 Å². The second-order valence-electron chi connectivity index (χ2n) is 5.63. The lowest BCUT2D eigenvalue weighted by Crippen LogP contribution is -2.49. The Morgan fingerprint density at radius 1 is 1.26 bits per heavy atom. The van der Waals surface area contributed by atoms with E-state index < -0.39 is 12.0 Å². The van der Waals surface area contributed by atoms with Crippen LogP contribution in [0.15, 0.2) is 35.3 Å². The molecule has 2 heterocycles. The fourth-order valence-electron chi connectivity index (χ4n) is 2.95. The molecular weight excluding hydrogens is 298 g/mol. The average Bonchev–Trinajstić information content (AvgIpc) is 2.57. The minimum Gasteiger partial charge on any atom is -0.480 e. The molecule has 1 saturated heterocycles. The normalized spacial score (nSPS) is 18.1. The van der Waals surface area contributed by atoms with Gasteiger partial charge in [0.15, 0.2) is 0 Å². The first kappa shape index (κ1) is 15.2. The van der Waals surface area contributed by atoms with Crippen LogP contribution in [0.3, 0.4) is 0 Å². The van der Waals surface area contributed by atoms with Gasteiger partial charge in [0.1, 0.15) is 12.6 Å². The zero-order chi connectivity index (χ0) is 16.4. The van der Waals surface area contributed by atoms with Gasteiger partial charge in [-0.05, 0) is 25.3 Å². The summed E-state index contributed by atoms with van der Waals surface area (Å²) in [4.78, 5) is 37.4. The van der Waals surface area contributed by atoms with E-state index in [-0.39, 0.29) is 18.0 Å². The average molecular weight is 315 g/mol. The van der Waals surface area contributed by atoms with Crippen molar-refractivity contribution < 1.29 is 14.7 Å². The number of benzene rings is 1. The van der Waals surface area contributed by atoms with Crippen molar-refractivity contribution >= 4 is 22.6 Å². The number of carboxylic acids is 1. The van der Waals surface area contributed by atoms with E-state index in [0.29, 0.717) is 23.7 Å². The molecule has 0 aliphatic carbocycles. The summed E-state index contributed by atoms with van der Waals surface area (Å²) in [6, 6.07) is 6.21. The van der Waals surface area contributed by atoms with Crippen LogP contribution >= 0.6 is 0 Å². The van der Waals surface area contributed by atoms with E-state index in [4.69, 9.17) is 0 Å². The van der Waals surface area contributed by atoms with Crippen LogP contribution in [0, 0.1) is 0 Å². The number of hydrogen-bond donors (Lipinski definition) is 1. The van der Waals surface area contributed by atoms with Gasteiger partial charge in [-0.25, -0.2) is 9.48 Å². The van der Waals surface area contributed by atoms with Gasteiger partial charge in [-0.2, -0.15) is 5.10 Å². The van der Waals surface area contributed by atoms with Crippen LogP contribution in [0.1, 0.15) is 19.3 Å². The number of fused-ring (bicyclic) bond motifs is 1. The Bertz CT molecular complexity index is 814. The van der Waals surface area contributed by atoms with Gasteiger partial charge in [0.2, 0.25) is 5.91 Å². The van der Waals surface area contributed by atoms with Gasteiger partial charge >= 0.3 is 5.97 Å². The molecule has 0 saturated carbocycles. The van der Waals surface area contributed by atoms with Gasteiger partial charge in [0.05, 0.1) is 11.6 Å². The highest BCUT2D eigenvalue weighted by Crippen LogP contribution is 2.17. The first-order valence-electron chi connectivity index (χ1n) is 7.55. The maximum atomic E-state index is 12.4. The summed E-state index contributed by atoms with van der Waals surface area (Å²) in [5, 5.41) is 14.5. The molecular formula is C16H17N3O4. The minimum absolute atomic E-state index is 0.243. The molecule has 3 rings (SSSR count). The standard InChI is InChI=1S/C16H17N3O4/c20-14(18-8-4-3-7-13(18)16(22)23)10-19-15(21)12-6-2-1-5-11(12)9-17-19/h1-2,5-6,9,13H,3-4,7-8,10H2,(H,22,23)/t13-/m0/s1. The topological polar surface area (TPSA) is 92.5 Å². The number of carboxylic acid groups (broad SMARTS) is 1. The molecule has 0 radical (unpaired) electrons. The molecule has 0 spiro atoms. The summed E-state index contributed by atoms with van der Waals surface area (Å²) in [6.07, 6.45) is 3.54. The van der Waals surface area contributed by atoms with Gasteiger partial charge in [0, 0.05) is 11.9 Å². The van der Waals surface area contributed by atoms with Gasteiger partial charge in [-0.1, -0.05) is 18.2 Å². The highest BCUT2D eigenvalue weighted by Gasteiger charge is 2.32. The molecule has 0 bridgehead atoms. The molecule has 23 heavy (non-hydrogen) atoms. The Morgan fingerprint density at radius 3 is 2.83 bits per heavy atom. The molecule has 0 unspecified atom stereocenters. The number of aromatic nitrogens is 2. The first-order valence-corrected chi connectivity index (χ1v) is 7.55. The lowest BCUT2D eigenvalue weighted by atomic mass is 10.0. The predicted molar refractivity (Wildman–Crippen MR) is 83.0 cm³/mol. The van der Waals surface area contributed by atoms with E-state index in [1.807, 2.05) is 6.07 Å². The van der Waals surface area contributed by atoms with Crippen molar-refractivity contribution in [3.05, 3.63) is 40.8 Å². The van der Waals surface area contributed by atoms with Crippen molar-refractivity contribution in [2.75, 3.05) is 6.54 Å². The van der Waals surface area contributed by atoms with Crippen LogP contribution < -0.4 is 5.56 Å². The summed E-state index contributed by atoms with van der Waals surface area (Å²) in [5.41, 5.74) is -0.347. The molecule has 1 aliphatic rings. The largest absolute Gasteiger partial charge is 0.480 e. The van der Waals surface area contributed by atoms with E-state index in [1.165, 1.54) is 11.1 Å². The summed E-state index contributed by atoms with van der Waals surface area (Å²) >= 11 is 0. The van der Waals surface area contributed by atoms with Crippen molar-refractivity contribution in [3.8, 4) is 0 Å². The highest BCUT2D eigenvalue weighted by molar-refractivity contribution is 5.84. The third kappa shape index (κ3) is 2.94. The highest BCUT2D eigenvalue weighted by atomic mass is 16.4. The first-order chi connectivity index (χ1) is 11.1. The van der Waals surface area contributed by atoms with E-state index in [1.54, 1.807) is 18.2 Å². The number of amides is 1. The number of carbonyl (C=O) groups excluding carboxylic acids is 1. The fourth-order valence-corrected chi connectivity index (χ4v) is 2.95. The van der Waals surface area contributed by atoms with Gasteiger partial charge < -0.3 is 10.0 Å². The van der Waals surface area contributed by atoms with E-state index in [2.05, 4.69) is 5.10 Å². The molecule has 1 aromatic heterocycles. The zero-order valence-electron chi connectivity index (χ0n) is 12.5. The Kier molecular flexibility index (Phi) is 4.10. The van der Waals surface area contributed by atoms with Crippen molar-refractivity contribution in [2.24, 2.45) is 0 Å². The predicted octanol–water partition coefficient (Wildman–Crippen LogP) is 0.862. The second-order valence-corrected chi connectivity index (χ2v) is 5.63. The number of nitrogens with zero attached hydrogens (tertiary/aromatic N) is 3. The van der Waals surface area contributed by atoms with Crippen molar-refractivity contribution in [2.45, 2.75) is 31.8 Å². The van der Waals surface area contributed by atoms with Crippen LogP contribution in [0.5, 0.6) is 0 Å². The van der Waals surface area contributed by atoms with Crippen molar-refractivity contribution in [1.82, 2.24) is 14.7 Å².